The van der Waals surface area contributed by atoms with Gasteiger partial charge < -0.3 is 10.4 Å². The van der Waals surface area contributed by atoms with E-state index < -0.39 is 5.60 Å². The Morgan fingerprint density at radius 2 is 1.48 bits per heavy atom. The maximum Gasteiger partial charge on any atom is 0.0686 e. The average Bonchev–Trinajstić information content (AvgIpc) is 2.54. The van der Waals surface area contributed by atoms with Crippen LogP contribution in [-0.2, 0) is 0 Å². The van der Waals surface area contributed by atoms with Crippen molar-refractivity contribution < 1.29 is 5.11 Å². The first kappa shape index (κ1) is 16.2. The number of aliphatic hydroxyl groups is 1. The third-order valence-electron chi connectivity index (χ3n) is 5.15. The first-order chi connectivity index (χ1) is 11.0. The summed E-state index contributed by atoms with van der Waals surface area (Å²) in [5, 5.41) is 15.0. The Hall–Kier alpha value is -1.64. The monoisotopic (exact) mass is 309 g/mol. The van der Waals surface area contributed by atoms with E-state index in [2.05, 4.69) is 67.7 Å². The van der Waals surface area contributed by atoms with Gasteiger partial charge >= 0.3 is 0 Å². The molecule has 2 N–H and O–H groups in total. The van der Waals surface area contributed by atoms with Crippen molar-refractivity contribution in [3.8, 4) is 0 Å². The Balaban J connectivity index is 1.99. The molecule has 1 heterocycles. The second kappa shape index (κ2) is 6.46. The molecule has 23 heavy (non-hydrogen) atoms. The van der Waals surface area contributed by atoms with Crippen LogP contribution in [0.4, 0.5) is 0 Å². The Kier molecular flexibility index (Phi) is 4.56. The van der Waals surface area contributed by atoms with Crippen LogP contribution in [0, 0.1) is 11.8 Å². The lowest BCUT2D eigenvalue weighted by Gasteiger charge is -2.49. The molecule has 0 amide bonds. The Bertz CT molecular complexity index is 621. The van der Waals surface area contributed by atoms with Crippen LogP contribution in [0.5, 0.6) is 0 Å². The van der Waals surface area contributed by atoms with E-state index in [1.165, 1.54) is 11.1 Å². The quantitative estimate of drug-likeness (QED) is 0.876. The van der Waals surface area contributed by atoms with Gasteiger partial charge in [-0.3, -0.25) is 0 Å². The largest absolute Gasteiger partial charge is 0.390 e. The van der Waals surface area contributed by atoms with Crippen LogP contribution in [-0.4, -0.2) is 10.7 Å². The standard InChI is InChI=1S/C21H27NO/c1-15(2)19-20(17-12-8-5-9-13-17)22-18(14-21(19,3)23)16-10-6-4-7-11-16/h4-13,15,18-20,22-23H,14H2,1-3H3/t18-,19-,20+,21+/m0/s1. The minimum atomic E-state index is -0.694. The Morgan fingerprint density at radius 3 is 2.00 bits per heavy atom. The van der Waals surface area contributed by atoms with E-state index in [-0.39, 0.29) is 18.0 Å². The van der Waals surface area contributed by atoms with Crippen molar-refractivity contribution in [3.63, 3.8) is 0 Å². The molecule has 0 aromatic heterocycles. The second-order valence-electron chi connectivity index (χ2n) is 7.35. The predicted octanol–water partition coefficient (Wildman–Crippen LogP) is 4.49. The minimum absolute atomic E-state index is 0.158. The van der Waals surface area contributed by atoms with Gasteiger partial charge in [-0.15, -0.1) is 0 Å². The number of piperidine rings is 1. The number of hydrogen-bond acceptors (Lipinski definition) is 2. The van der Waals surface area contributed by atoms with Crippen molar-refractivity contribution in [1.82, 2.24) is 5.32 Å². The van der Waals surface area contributed by atoms with Gasteiger partial charge in [0.2, 0.25) is 0 Å². The van der Waals surface area contributed by atoms with Crippen LogP contribution >= 0.6 is 0 Å². The normalized spacial score (nSPS) is 31.3. The maximum absolute atomic E-state index is 11.2. The molecule has 3 rings (SSSR count). The van der Waals surface area contributed by atoms with Crippen molar-refractivity contribution in [3.05, 3.63) is 71.8 Å². The highest BCUT2D eigenvalue weighted by atomic mass is 16.3. The highest BCUT2D eigenvalue weighted by molar-refractivity contribution is 5.26. The minimum Gasteiger partial charge on any atom is -0.390 e. The van der Waals surface area contributed by atoms with E-state index in [4.69, 9.17) is 0 Å². The number of hydrogen-bond donors (Lipinski definition) is 2. The summed E-state index contributed by atoms with van der Waals surface area (Å²) in [5.74, 6) is 0.587. The fourth-order valence-corrected chi connectivity index (χ4v) is 4.25. The van der Waals surface area contributed by atoms with Gasteiger partial charge in [-0.25, -0.2) is 0 Å². The van der Waals surface area contributed by atoms with Crippen LogP contribution in [0.15, 0.2) is 60.7 Å². The molecule has 2 heteroatoms. The zero-order chi connectivity index (χ0) is 16.4. The highest BCUT2D eigenvalue weighted by Gasteiger charge is 2.46. The Morgan fingerprint density at radius 1 is 0.957 bits per heavy atom. The van der Waals surface area contributed by atoms with Gasteiger partial charge in [0.15, 0.2) is 0 Å². The summed E-state index contributed by atoms with van der Waals surface area (Å²) in [6, 6.07) is 21.3. The van der Waals surface area contributed by atoms with Gasteiger partial charge in [0.1, 0.15) is 0 Å². The molecule has 1 saturated heterocycles. The summed E-state index contributed by atoms with van der Waals surface area (Å²) in [6.45, 7) is 6.42. The molecular formula is C21H27NO. The van der Waals surface area contributed by atoms with Gasteiger partial charge in [0, 0.05) is 18.0 Å². The summed E-state index contributed by atoms with van der Waals surface area (Å²) in [4.78, 5) is 0. The van der Waals surface area contributed by atoms with Crippen molar-refractivity contribution in [2.75, 3.05) is 0 Å². The fraction of sp³-hybridized carbons (Fsp3) is 0.429. The molecule has 122 valence electrons. The molecule has 0 saturated carbocycles. The molecule has 0 radical (unpaired) electrons. The van der Waals surface area contributed by atoms with E-state index in [0.29, 0.717) is 5.92 Å². The van der Waals surface area contributed by atoms with Crippen molar-refractivity contribution in [1.29, 1.82) is 0 Å². The molecule has 0 aliphatic carbocycles. The van der Waals surface area contributed by atoms with Gasteiger partial charge in [0.25, 0.3) is 0 Å². The smallest absolute Gasteiger partial charge is 0.0686 e. The lowest BCUT2D eigenvalue weighted by atomic mass is 9.67. The van der Waals surface area contributed by atoms with Gasteiger partial charge in [-0.2, -0.15) is 0 Å². The second-order valence-corrected chi connectivity index (χ2v) is 7.35. The molecule has 1 aliphatic rings. The fourth-order valence-electron chi connectivity index (χ4n) is 4.25. The van der Waals surface area contributed by atoms with Gasteiger partial charge in [-0.05, 0) is 30.4 Å². The summed E-state index contributed by atoms with van der Waals surface area (Å²) < 4.78 is 0. The van der Waals surface area contributed by atoms with Crippen molar-refractivity contribution >= 4 is 0 Å². The molecule has 4 atom stereocenters. The van der Waals surface area contributed by atoms with Gasteiger partial charge in [-0.1, -0.05) is 74.5 Å². The molecule has 0 spiro atoms. The zero-order valence-corrected chi connectivity index (χ0v) is 14.2. The maximum atomic E-state index is 11.2. The first-order valence-electron chi connectivity index (χ1n) is 8.57. The van der Waals surface area contributed by atoms with Gasteiger partial charge in [0.05, 0.1) is 5.60 Å². The molecule has 2 nitrogen and oxygen atoms in total. The van der Waals surface area contributed by atoms with Crippen molar-refractivity contribution in [2.24, 2.45) is 11.8 Å². The molecule has 0 unspecified atom stereocenters. The van der Waals surface area contributed by atoms with Crippen LogP contribution in [0.1, 0.15) is 50.4 Å². The van der Waals surface area contributed by atoms with E-state index in [0.717, 1.165) is 6.42 Å². The molecular weight excluding hydrogens is 282 g/mol. The topological polar surface area (TPSA) is 32.3 Å². The third-order valence-corrected chi connectivity index (χ3v) is 5.15. The lowest BCUT2D eigenvalue weighted by molar-refractivity contribution is -0.0783. The van der Waals surface area contributed by atoms with E-state index in [9.17, 15) is 5.11 Å². The number of nitrogens with one attached hydrogen (secondary N) is 1. The van der Waals surface area contributed by atoms with Crippen LogP contribution in [0.2, 0.25) is 0 Å². The first-order valence-corrected chi connectivity index (χ1v) is 8.57. The van der Waals surface area contributed by atoms with E-state index in [1.54, 1.807) is 0 Å². The predicted molar refractivity (Wildman–Crippen MR) is 95.1 cm³/mol. The molecule has 2 aromatic carbocycles. The van der Waals surface area contributed by atoms with Crippen LogP contribution in [0.25, 0.3) is 0 Å². The summed E-state index contributed by atoms with van der Waals surface area (Å²) in [6.07, 6.45) is 0.739. The lowest BCUT2D eigenvalue weighted by Crippen LogP contribution is -2.53. The number of benzene rings is 2. The SMILES string of the molecule is CC(C)[C@H]1[C@@H](c2ccccc2)N[C@H](c2ccccc2)C[C@@]1(C)O. The molecule has 2 aromatic rings. The highest BCUT2D eigenvalue weighted by Crippen LogP contribution is 2.46. The number of rotatable bonds is 3. The Labute approximate surface area is 139 Å². The average molecular weight is 309 g/mol. The zero-order valence-electron chi connectivity index (χ0n) is 14.2. The summed E-state index contributed by atoms with van der Waals surface area (Å²) in [5.41, 5.74) is 1.81. The van der Waals surface area contributed by atoms with E-state index in [1.807, 2.05) is 19.1 Å². The molecule has 1 fully saturated rings. The third kappa shape index (κ3) is 3.34. The van der Waals surface area contributed by atoms with Crippen LogP contribution < -0.4 is 5.32 Å². The summed E-state index contributed by atoms with van der Waals surface area (Å²) >= 11 is 0. The van der Waals surface area contributed by atoms with Crippen molar-refractivity contribution in [2.45, 2.75) is 44.9 Å². The van der Waals surface area contributed by atoms with E-state index >= 15 is 0 Å². The molecule has 1 aliphatic heterocycles. The molecule has 0 bridgehead atoms. The van der Waals surface area contributed by atoms with Crippen LogP contribution in [0.3, 0.4) is 0 Å². The summed E-state index contributed by atoms with van der Waals surface area (Å²) in [7, 11) is 0.